The fraction of sp³-hybridized carbons (Fsp3) is 0.167. The lowest BCUT2D eigenvalue weighted by atomic mass is 10.2. The van der Waals surface area contributed by atoms with Gasteiger partial charge in [0.05, 0.1) is 0 Å². The van der Waals surface area contributed by atoms with Crippen LogP contribution in [0.1, 0.15) is 0 Å². The molecule has 5 nitrogen and oxygen atoms in total. The minimum atomic E-state index is -3.98. The van der Waals surface area contributed by atoms with Crippen molar-refractivity contribution in [2.24, 2.45) is 5.14 Å². The molecule has 0 spiro atoms. The third-order valence-corrected chi connectivity index (χ3v) is 2.54. The Morgan fingerprint density at radius 1 is 1.17 bits per heavy atom. The van der Waals surface area contributed by atoms with E-state index in [0.29, 0.717) is 13.1 Å². The smallest absolute Gasteiger partial charge is 0.371 e. The molecule has 0 atom stereocenters. The maximum absolute atomic E-state index is 10.7. The van der Waals surface area contributed by atoms with Crippen molar-refractivity contribution in [3.05, 3.63) is 49.6 Å². The molecule has 1 aromatic rings. The van der Waals surface area contributed by atoms with Crippen LogP contribution < -0.4 is 14.2 Å². The van der Waals surface area contributed by atoms with Crippen LogP contribution in [0.25, 0.3) is 0 Å². The summed E-state index contributed by atoms with van der Waals surface area (Å²) in [5.41, 5.74) is 0.913. The van der Waals surface area contributed by atoms with Gasteiger partial charge in [0.1, 0.15) is 5.75 Å². The van der Waals surface area contributed by atoms with Crippen LogP contribution in [0.15, 0.2) is 49.6 Å². The van der Waals surface area contributed by atoms with Crippen molar-refractivity contribution in [2.45, 2.75) is 0 Å². The van der Waals surface area contributed by atoms with Gasteiger partial charge in [0, 0.05) is 18.8 Å². The van der Waals surface area contributed by atoms with E-state index in [4.69, 9.17) is 5.14 Å². The van der Waals surface area contributed by atoms with Crippen LogP contribution >= 0.6 is 0 Å². The lowest BCUT2D eigenvalue weighted by Crippen LogP contribution is -2.23. The Bertz CT molecular complexity index is 499. The zero-order valence-electron chi connectivity index (χ0n) is 9.95. The predicted molar refractivity (Wildman–Crippen MR) is 72.8 cm³/mol. The van der Waals surface area contributed by atoms with E-state index < -0.39 is 10.3 Å². The summed E-state index contributed by atoms with van der Waals surface area (Å²) in [5, 5.41) is 4.77. The SMILES string of the molecule is C=CCN(CC=C)c1ccc(OS(N)(=O)=O)cc1. The van der Waals surface area contributed by atoms with Gasteiger partial charge in [0.25, 0.3) is 0 Å². The molecule has 2 N–H and O–H groups in total. The monoisotopic (exact) mass is 268 g/mol. The Morgan fingerprint density at radius 2 is 1.67 bits per heavy atom. The molecule has 0 fully saturated rings. The van der Waals surface area contributed by atoms with Gasteiger partial charge in [-0.05, 0) is 24.3 Å². The van der Waals surface area contributed by atoms with Crippen molar-refractivity contribution in [1.29, 1.82) is 0 Å². The second-order valence-corrected chi connectivity index (χ2v) is 4.70. The molecule has 0 amide bonds. The summed E-state index contributed by atoms with van der Waals surface area (Å²) in [4.78, 5) is 2.01. The fourth-order valence-electron chi connectivity index (χ4n) is 1.44. The zero-order chi connectivity index (χ0) is 13.6. The van der Waals surface area contributed by atoms with Crippen molar-refractivity contribution >= 4 is 16.0 Å². The fourth-order valence-corrected chi connectivity index (χ4v) is 1.82. The summed E-state index contributed by atoms with van der Waals surface area (Å²) in [7, 11) is -3.98. The van der Waals surface area contributed by atoms with Gasteiger partial charge in [-0.1, -0.05) is 12.2 Å². The lowest BCUT2D eigenvalue weighted by Gasteiger charge is -2.21. The van der Waals surface area contributed by atoms with Gasteiger partial charge in [-0.2, -0.15) is 13.6 Å². The summed E-state index contributed by atoms with van der Waals surface area (Å²) in [5.74, 6) is 0.179. The van der Waals surface area contributed by atoms with E-state index in [1.54, 1.807) is 36.4 Å². The van der Waals surface area contributed by atoms with Gasteiger partial charge in [-0.15, -0.1) is 13.2 Å². The molecule has 0 heterocycles. The van der Waals surface area contributed by atoms with Gasteiger partial charge >= 0.3 is 10.3 Å². The molecule has 6 heteroatoms. The van der Waals surface area contributed by atoms with Crippen molar-refractivity contribution in [1.82, 2.24) is 0 Å². The number of nitrogens with two attached hydrogens (primary N) is 1. The van der Waals surface area contributed by atoms with Crippen LogP contribution in [0.4, 0.5) is 5.69 Å². The molecule has 1 aromatic carbocycles. The number of benzene rings is 1. The Balaban J connectivity index is 2.86. The Morgan fingerprint density at radius 3 is 2.06 bits per heavy atom. The Hall–Kier alpha value is -1.79. The standard InChI is InChI=1S/C12H16N2O3S/c1-3-9-14(10-4-2)11-5-7-12(8-6-11)17-18(13,15)16/h3-8H,1-2,9-10H2,(H2,13,15,16). The molecule has 0 aliphatic carbocycles. The summed E-state index contributed by atoms with van der Waals surface area (Å²) >= 11 is 0. The first-order valence-corrected chi connectivity index (χ1v) is 6.72. The summed E-state index contributed by atoms with van der Waals surface area (Å²) < 4.78 is 26.0. The maximum Gasteiger partial charge on any atom is 0.380 e. The first kappa shape index (κ1) is 14.3. The van der Waals surface area contributed by atoms with Crippen molar-refractivity contribution in [3.63, 3.8) is 0 Å². The quantitative estimate of drug-likeness (QED) is 0.760. The Kier molecular flexibility index (Phi) is 4.94. The van der Waals surface area contributed by atoms with Crippen LogP contribution in [0.5, 0.6) is 5.75 Å². The predicted octanol–water partition coefficient (Wildman–Crippen LogP) is 1.45. The van der Waals surface area contributed by atoms with Gasteiger partial charge in [0.2, 0.25) is 0 Å². The topological polar surface area (TPSA) is 72.6 Å². The molecular weight excluding hydrogens is 252 g/mol. The van der Waals surface area contributed by atoms with Crippen LogP contribution in [-0.2, 0) is 10.3 Å². The van der Waals surface area contributed by atoms with Crippen molar-refractivity contribution in [3.8, 4) is 5.75 Å². The highest BCUT2D eigenvalue weighted by Gasteiger charge is 2.06. The van der Waals surface area contributed by atoms with E-state index in [2.05, 4.69) is 17.3 Å². The third kappa shape index (κ3) is 4.60. The molecule has 0 unspecified atom stereocenters. The van der Waals surface area contributed by atoms with E-state index in [-0.39, 0.29) is 5.75 Å². The summed E-state index contributed by atoms with van der Waals surface area (Å²) in [6.45, 7) is 8.69. The molecule has 0 bridgehead atoms. The van der Waals surface area contributed by atoms with Crippen LogP contribution in [-0.4, -0.2) is 21.5 Å². The third-order valence-electron chi connectivity index (χ3n) is 2.11. The highest BCUT2D eigenvalue weighted by atomic mass is 32.2. The molecule has 0 aliphatic rings. The molecule has 1 rings (SSSR count). The van der Waals surface area contributed by atoms with E-state index in [9.17, 15) is 8.42 Å². The van der Waals surface area contributed by atoms with E-state index >= 15 is 0 Å². The molecular formula is C12H16N2O3S. The molecule has 0 aromatic heterocycles. The minimum Gasteiger partial charge on any atom is -0.371 e. The highest BCUT2D eigenvalue weighted by Crippen LogP contribution is 2.20. The van der Waals surface area contributed by atoms with Crippen molar-refractivity contribution in [2.75, 3.05) is 18.0 Å². The number of hydrogen-bond donors (Lipinski definition) is 1. The number of hydrogen-bond acceptors (Lipinski definition) is 4. The maximum atomic E-state index is 10.7. The average Bonchev–Trinajstić information content (AvgIpc) is 2.28. The zero-order valence-corrected chi connectivity index (χ0v) is 10.8. The van der Waals surface area contributed by atoms with Gasteiger partial charge in [0.15, 0.2) is 0 Å². The lowest BCUT2D eigenvalue weighted by molar-refractivity contribution is 0.488. The van der Waals surface area contributed by atoms with E-state index in [1.807, 2.05) is 4.90 Å². The first-order chi connectivity index (χ1) is 8.46. The van der Waals surface area contributed by atoms with E-state index in [1.165, 1.54) is 0 Å². The Labute approximate surface area is 107 Å². The van der Waals surface area contributed by atoms with Gasteiger partial charge in [-0.3, -0.25) is 0 Å². The van der Waals surface area contributed by atoms with Gasteiger partial charge in [-0.25, -0.2) is 0 Å². The summed E-state index contributed by atoms with van der Waals surface area (Å²) in [6.07, 6.45) is 3.55. The number of anilines is 1. The number of nitrogens with zero attached hydrogens (tertiary/aromatic N) is 1. The highest BCUT2D eigenvalue weighted by molar-refractivity contribution is 7.84. The van der Waals surface area contributed by atoms with Crippen LogP contribution in [0.2, 0.25) is 0 Å². The largest absolute Gasteiger partial charge is 0.380 e. The van der Waals surface area contributed by atoms with E-state index in [0.717, 1.165) is 5.69 Å². The summed E-state index contributed by atoms with van der Waals surface area (Å²) in [6, 6.07) is 6.57. The minimum absolute atomic E-state index is 0.179. The molecule has 0 saturated heterocycles. The molecule has 18 heavy (non-hydrogen) atoms. The molecule has 0 radical (unpaired) electrons. The molecule has 98 valence electrons. The van der Waals surface area contributed by atoms with Gasteiger partial charge < -0.3 is 9.08 Å². The number of rotatable bonds is 7. The van der Waals surface area contributed by atoms with Crippen LogP contribution in [0.3, 0.4) is 0 Å². The molecule has 0 aliphatic heterocycles. The first-order valence-electron chi connectivity index (χ1n) is 5.25. The van der Waals surface area contributed by atoms with Crippen molar-refractivity contribution < 1.29 is 12.6 Å². The average molecular weight is 268 g/mol. The van der Waals surface area contributed by atoms with Crippen LogP contribution in [0, 0.1) is 0 Å². The second kappa shape index (κ2) is 6.23. The second-order valence-electron chi connectivity index (χ2n) is 3.55. The molecule has 0 saturated carbocycles. The normalized spacial score (nSPS) is 10.7.